The van der Waals surface area contributed by atoms with Gasteiger partial charge in [-0.2, -0.15) is 0 Å². The molecule has 0 amide bonds. The number of carboxylic acids is 1. The Morgan fingerprint density at radius 2 is 2.12 bits per heavy atom. The van der Waals surface area contributed by atoms with E-state index in [0.717, 1.165) is 16.0 Å². The Morgan fingerprint density at radius 1 is 1.50 bits per heavy atom. The van der Waals surface area contributed by atoms with Gasteiger partial charge in [0.05, 0.1) is 5.75 Å². The molecule has 1 rings (SSSR count). The Bertz CT molecular complexity index is 402. The SMILES string of the molecule is Cc1c(Cl)cc(C(C)C)cc1SCC(=O)O. The molecule has 0 bridgehead atoms. The third kappa shape index (κ3) is 3.42. The van der Waals surface area contributed by atoms with E-state index in [-0.39, 0.29) is 5.75 Å². The standard InChI is InChI=1S/C12H15ClO2S/c1-7(2)9-4-10(13)8(3)11(5-9)16-6-12(14)15/h4-5,7H,6H2,1-3H3,(H,14,15). The summed E-state index contributed by atoms with van der Waals surface area (Å²) in [5.74, 6) is -0.351. The van der Waals surface area contributed by atoms with E-state index >= 15 is 0 Å². The van der Waals surface area contributed by atoms with E-state index in [1.807, 2.05) is 19.1 Å². The van der Waals surface area contributed by atoms with Crippen LogP contribution in [-0.2, 0) is 4.79 Å². The second-order valence-electron chi connectivity index (χ2n) is 3.96. The first-order chi connectivity index (χ1) is 7.41. The maximum Gasteiger partial charge on any atom is 0.313 e. The number of hydrogen-bond acceptors (Lipinski definition) is 2. The summed E-state index contributed by atoms with van der Waals surface area (Å²) in [5, 5.41) is 9.37. The third-order valence-corrected chi connectivity index (χ3v) is 3.86. The van der Waals surface area contributed by atoms with Gasteiger partial charge in [-0.25, -0.2) is 0 Å². The Morgan fingerprint density at radius 3 is 2.62 bits per heavy atom. The molecule has 1 aromatic rings. The molecule has 2 nitrogen and oxygen atoms in total. The molecule has 88 valence electrons. The monoisotopic (exact) mass is 258 g/mol. The molecule has 16 heavy (non-hydrogen) atoms. The first-order valence-corrected chi connectivity index (χ1v) is 6.42. The van der Waals surface area contributed by atoms with Gasteiger partial charge in [0.25, 0.3) is 0 Å². The average Bonchev–Trinajstić information content (AvgIpc) is 2.19. The molecule has 0 saturated heterocycles. The van der Waals surface area contributed by atoms with Crippen molar-refractivity contribution in [1.82, 2.24) is 0 Å². The molecule has 0 spiro atoms. The van der Waals surface area contributed by atoms with Crippen molar-refractivity contribution in [3.05, 3.63) is 28.3 Å². The highest BCUT2D eigenvalue weighted by atomic mass is 35.5. The minimum Gasteiger partial charge on any atom is -0.481 e. The highest BCUT2D eigenvalue weighted by Crippen LogP contribution is 2.32. The maximum absolute atomic E-state index is 10.5. The number of hydrogen-bond donors (Lipinski definition) is 1. The number of carbonyl (C=O) groups is 1. The molecule has 1 aromatic carbocycles. The summed E-state index contributed by atoms with van der Waals surface area (Å²) in [6, 6.07) is 3.98. The zero-order chi connectivity index (χ0) is 12.3. The number of rotatable bonds is 4. The van der Waals surface area contributed by atoms with Gasteiger partial charge in [0.1, 0.15) is 0 Å². The number of aliphatic carboxylic acids is 1. The van der Waals surface area contributed by atoms with E-state index < -0.39 is 5.97 Å². The molecule has 0 atom stereocenters. The van der Waals surface area contributed by atoms with E-state index in [0.29, 0.717) is 10.9 Å². The smallest absolute Gasteiger partial charge is 0.313 e. The minimum atomic E-state index is -0.810. The van der Waals surface area contributed by atoms with Crippen molar-refractivity contribution in [2.45, 2.75) is 31.6 Å². The van der Waals surface area contributed by atoms with Gasteiger partial charge >= 0.3 is 5.97 Å². The van der Waals surface area contributed by atoms with Crippen LogP contribution in [0.5, 0.6) is 0 Å². The summed E-state index contributed by atoms with van der Waals surface area (Å²) in [4.78, 5) is 11.5. The van der Waals surface area contributed by atoms with Crippen molar-refractivity contribution in [2.24, 2.45) is 0 Å². The maximum atomic E-state index is 10.5. The number of halogens is 1. The predicted molar refractivity (Wildman–Crippen MR) is 68.6 cm³/mol. The van der Waals surface area contributed by atoms with Crippen LogP contribution in [0.3, 0.4) is 0 Å². The summed E-state index contributed by atoms with van der Waals surface area (Å²) in [7, 11) is 0. The van der Waals surface area contributed by atoms with Gasteiger partial charge in [-0.3, -0.25) is 4.79 Å². The lowest BCUT2D eigenvalue weighted by molar-refractivity contribution is -0.133. The van der Waals surface area contributed by atoms with E-state index in [2.05, 4.69) is 13.8 Å². The van der Waals surface area contributed by atoms with Gasteiger partial charge in [-0.15, -0.1) is 11.8 Å². The first kappa shape index (κ1) is 13.4. The van der Waals surface area contributed by atoms with Crippen molar-refractivity contribution in [3.63, 3.8) is 0 Å². The van der Waals surface area contributed by atoms with E-state index in [1.54, 1.807) is 0 Å². The molecule has 0 saturated carbocycles. The molecule has 4 heteroatoms. The molecule has 0 aromatic heterocycles. The van der Waals surface area contributed by atoms with Gasteiger partial charge in [0.15, 0.2) is 0 Å². The summed E-state index contributed by atoms with van der Waals surface area (Å²) in [6.45, 7) is 6.09. The van der Waals surface area contributed by atoms with Crippen LogP contribution in [0.2, 0.25) is 5.02 Å². The van der Waals surface area contributed by atoms with Crippen LogP contribution in [0.1, 0.15) is 30.9 Å². The quantitative estimate of drug-likeness (QED) is 0.831. The highest BCUT2D eigenvalue weighted by Gasteiger charge is 2.10. The molecule has 0 aliphatic carbocycles. The largest absolute Gasteiger partial charge is 0.481 e. The number of carboxylic acid groups (broad SMARTS) is 1. The normalized spacial score (nSPS) is 10.8. The molecule has 1 N–H and O–H groups in total. The molecule has 0 fully saturated rings. The lowest BCUT2D eigenvalue weighted by Gasteiger charge is -2.12. The summed E-state index contributed by atoms with van der Waals surface area (Å²) in [6.07, 6.45) is 0. The lowest BCUT2D eigenvalue weighted by Crippen LogP contribution is -1.99. The topological polar surface area (TPSA) is 37.3 Å². The first-order valence-electron chi connectivity index (χ1n) is 5.06. The Kier molecular flexibility index (Phi) is 4.69. The molecular weight excluding hydrogens is 244 g/mol. The van der Waals surface area contributed by atoms with Crippen LogP contribution in [0.4, 0.5) is 0 Å². The predicted octanol–water partition coefficient (Wildman–Crippen LogP) is 3.95. The fourth-order valence-electron chi connectivity index (χ4n) is 1.30. The Hall–Kier alpha value is -0.670. The Balaban J connectivity index is 3.01. The van der Waals surface area contributed by atoms with Crippen LogP contribution in [-0.4, -0.2) is 16.8 Å². The van der Waals surface area contributed by atoms with Crippen molar-refractivity contribution in [3.8, 4) is 0 Å². The van der Waals surface area contributed by atoms with Crippen LogP contribution in [0, 0.1) is 6.92 Å². The number of benzene rings is 1. The second kappa shape index (κ2) is 5.60. The molecular formula is C12H15ClO2S. The highest BCUT2D eigenvalue weighted by molar-refractivity contribution is 8.00. The zero-order valence-corrected chi connectivity index (χ0v) is 11.2. The zero-order valence-electron chi connectivity index (χ0n) is 9.58. The number of thioether (sulfide) groups is 1. The van der Waals surface area contributed by atoms with Crippen molar-refractivity contribution in [1.29, 1.82) is 0 Å². The van der Waals surface area contributed by atoms with Crippen molar-refractivity contribution >= 4 is 29.3 Å². The van der Waals surface area contributed by atoms with Gasteiger partial charge in [-0.1, -0.05) is 25.4 Å². The summed E-state index contributed by atoms with van der Waals surface area (Å²) < 4.78 is 0. The third-order valence-electron chi connectivity index (χ3n) is 2.34. The summed E-state index contributed by atoms with van der Waals surface area (Å²) >= 11 is 7.43. The fourth-order valence-corrected chi connectivity index (χ4v) is 2.40. The van der Waals surface area contributed by atoms with Crippen molar-refractivity contribution in [2.75, 3.05) is 5.75 Å². The molecule has 0 unspecified atom stereocenters. The summed E-state index contributed by atoms with van der Waals surface area (Å²) in [5.41, 5.74) is 2.10. The minimum absolute atomic E-state index is 0.0682. The second-order valence-corrected chi connectivity index (χ2v) is 5.39. The van der Waals surface area contributed by atoms with Crippen LogP contribution in [0.15, 0.2) is 17.0 Å². The molecule has 0 aliphatic rings. The molecule has 0 radical (unpaired) electrons. The lowest BCUT2D eigenvalue weighted by atomic mass is 10.0. The van der Waals surface area contributed by atoms with Gasteiger partial charge in [0, 0.05) is 9.92 Å². The van der Waals surface area contributed by atoms with Gasteiger partial charge in [-0.05, 0) is 36.1 Å². The van der Waals surface area contributed by atoms with Crippen LogP contribution >= 0.6 is 23.4 Å². The van der Waals surface area contributed by atoms with E-state index in [4.69, 9.17) is 16.7 Å². The fraction of sp³-hybridized carbons (Fsp3) is 0.417. The van der Waals surface area contributed by atoms with Crippen LogP contribution < -0.4 is 0 Å². The van der Waals surface area contributed by atoms with Gasteiger partial charge < -0.3 is 5.11 Å². The van der Waals surface area contributed by atoms with E-state index in [1.165, 1.54) is 11.8 Å². The molecule has 0 heterocycles. The van der Waals surface area contributed by atoms with Crippen molar-refractivity contribution < 1.29 is 9.90 Å². The van der Waals surface area contributed by atoms with Gasteiger partial charge in [0.2, 0.25) is 0 Å². The average molecular weight is 259 g/mol. The van der Waals surface area contributed by atoms with E-state index in [9.17, 15) is 4.79 Å². The Labute approximate surface area is 105 Å². The molecule has 0 aliphatic heterocycles. The van der Waals surface area contributed by atoms with Crippen LogP contribution in [0.25, 0.3) is 0 Å².